The molecule has 0 atom stereocenters. The van der Waals surface area contributed by atoms with E-state index in [1.807, 2.05) is 0 Å². The van der Waals surface area contributed by atoms with Crippen LogP contribution in [0.25, 0.3) is 10.8 Å². The van der Waals surface area contributed by atoms with Crippen LogP contribution in [0.5, 0.6) is 0 Å². The van der Waals surface area contributed by atoms with Gasteiger partial charge < -0.3 is 0 Å². The molecule has 0 spiro atoms. The summed E-state index contributed by atoms with van der Waals surface area (Å²) in [6.45, 7) is 8.90. The standard InChI is InChI=1S/C15H18/c1-10(2)13-6-5-7-14-12(4)11(3)8-9-15(13)14/h5-10H,1-4H3. The maximum absolute atomic E-state index is 2.26. The molecule has 0 radical (unpaired) electrons. The third-order valence-electron chi connectivity index (χ3n) is 3.26. The van der Waals surface area contributed by atoms with Crippen LogP contribution in [0.3, 0.4) is 0 Å². The molecule has 0 aliphatic rings. The molecule has 0 saturated carbocycles. The monoisotopic (exact) mass is 198 g/mol. The van der Waals surface area contributed by atoms with Gasteiger partial charge in [-0.05, 0) is 47.2 Å². The highest BCUT2D eigenvalue weighted by Crippen LogP contribution is 2.28. The van der Waals surface area contributed by atoms with Gasteiger partial charge in [-0.2, -0.15) is 0 Å². The number of rotatable bonds is 1. The average Bonchev–Trinajstić information content (AvgIpc) is 2.23. The summed E-state index contributed by atoms with van der Waals surface area (Å²) in [5.41, 5.74) is 4.24. The molecule has 2 rings (SSSR count). The summed E-state index contributed by atoms with van der Waals surface area (Å²) >= 11 is 0. The van der Waals surface area contributed by atoms with Crippen LogP contribution in [0, 0.1) is 13.8 Å². The normalized spacial score (nSPS) is 11.3. The molecule has 0 aliphatic carbocycles. The molecule has 0 bridgehead atoms. The minimum absolute atomic E-state index is 0.593. The molecule has 0 heterocycles. The largest absolute Gasteiger partial charge is 0.0613 e. The molecule has 0 amide bonds. The van der Waals surface area contributed by atoms with E-state index in [1.165, 1.54) is 27.5 Å². The Morgan fingerprint density at radius 2 is 1.60 bits per heavy atom. The summed E-state index contributed by atoms with van der Waals surface area (Å²) in [5, 5.41) is 2.82. The highest BCUT2D eigenvalue weighted by molar-refractivity contribution is 5.89. The fourth-order valence-corrected chi connectivity index (χ4v) is 2.15. The quantitative estimate of drug-likeness (QED) is 0.629. The maximum atomic E-state index is 2.26. The predicted octanol–water partition coefficient (Wildman–Crippen LogP) is 4.58. The molecule has 0 aliphatic heterocycles. The molecule has 2 aromatic carbocycles. The number of hydrogen-bond acceptors (Lipinski definition) is 0. The number of aryl methyl sites for hydroxylation is 2. The Morgan fingerprint density at radius 3 is 2.27 bits per heavy atom. The smallest absolute Gasteiger partial charge is 0.0146 e. The highest BCUT2D eigenvalue weighted by Gasteiger charge is 2.06. The molecular weight excluding hydrogens is 180 g/mol. The summed E-state index contributed by atoms with van der Waals surface area (Å²) in [4.78, 5) is 0. The van der Waals surface area contributed by atoms with Gasteiger partial charge in [-0.1, -0.05) is 44.2 Å². The molecule has 78 valence electrons. The Bertz CT molecular complexity index is 493. The predicted molar refractivity (Wildman–Crippen MR) is 67.5 cm³/mol. The van der Waals surface area contributed by atoms with E-state index < -0.39 is 0 Å². The Labute approximate surface area is 91.9 Å². The zero-order valence-corrected chi connectivity index (χ0v) is 9.96. The van der Waals surface area contributed by atoms with E-state index in [0.717, 1.165) is 0 Å². The number of fused-ring (bicyclic) bond motifs is 1. The van der Waals surface area contributed by atoms with Crippen LogP contribution in [-0.2, 0) is 0 Å². The van der Waals surface area contributed by atoms with Gasteiger partial charge in [0.25, 0.3) is 0 Å². The van der Waals surface area contributed by atoms with Gasteiger partial charge in [0, 0.05) is 0 Å². The van der Waals surface area contributed by atoms with Crippen LogP contribution in [0.1, 0.15) is 36.5 Å². The summed E-state index contributed by atoms with van der Waals surface area (Å²) in [7, 11) is 0. The number of benzene rings is 2. The van der Waals surface area contributed by atoms with Crippen LogP contribution in [-0.4, -0.2) is 0 Å². The third-order valence-corrected chi connectivity index (χ3v) is 3.26. The SMILES string of the molecule is Cc1ccc2c(C(C)C)cccc2c1C. The molecule has 15 heavy (non-hydrogen) atoms. The second-order valence-electron chi connectivity index (χ2n) is 4.60. The van der Waals surface area contributed by atoms with Crippen LogP contribution >= 0.6 is 0 Å². The van der Waals surface area contributed by atoms with Crippen molar-refractivity contribution in [1.82, 2.24) is 0 Å². The Morgan fingerprint density at radius 1 is 0.867 bits per heavy atom. The average molecular weight is 198 g/mol. The van der Waals surface area contributed by atoms with E-state index in [2.05, 4.69) is 58.0 Å². The molecule has 0 saturated heterocycles. The van der Waals surface area contributed by atoms with Crippen molar-refractivity contribution in [2.75, 3.05) is 0 Å². The van der Waals surface area contributed by atoms with E-state index in [9.17, 15) is 0 Å². The van der Waals surface area contributed by atoms with Gasteiger partial charge in [-0.3, -0.25) is 0 Å². The second-order valence-corrected chi connectivity index (χ2v) is 4.60. The zero-order chi connectivity index (χ0) is 11.0. The summed E-state index contributed by atoms with van der Waals surface area (Å²) < 4.78 is 0. The topological polar surface area (TPSA) is 0 Å². The lowest BCUT2D eigenvalue weighted by molar-refractivity contribution is 0.876. The van der Waals surface area contributed by atoms with Crippen LogP contribution < -0.4 is 0 Å². The Hall–Kier alpha value is -1.30. The highest BCUT2D eigenvalue weighted by atomic mass is 14.1. The molecular formula is C15H18. The fourth-order valence-electron chi connectivity index (χ4n) is 2.15. The van der Waals surface area contributed by atoms with Crippen LogP contribution in [0.4, 0.5) is 0 Å². The van der Waals surface area contributed by atoms with Crippen molar-refractivity contribution in [2.45, 2.75) is 33.6 Å². The molecule has 0 nitrogen and oxygen atoms in total. The molecule has 0 N–H and O–H groups in total. The van der Waals surface area contributed by atoms with E-state index in [4.69, 9.17) is 0 Å². The lowest BCUT2D eigenvalue weighted by Crippen LogP contribution is -1.91. The van der Waals surface area contributed by atoms with E-state index >= 15 is 0 Å². The van der Waals surface area contributed by atoms with Crippen LogP contribution in [0.15, 0.2) is 30.3 Å². The van der Waals surface area contributed by atoms with Crippen molar-refractivity contribution in [3.05, 3.63) is 47.0 Å². The third kappa shape index (κ3) is 1.65. The fraction of sp³-hybridized carbons (Fsp3) is 0.333. The first kappa shape index (κ1) is 10.2. The van der Waals surface area contributed by atoms with Gasteiger partial charge >= 0.3 is 0 Å². The first-order valence-electron chi connectivity index (χ1n) is 5.60. The lowest BCUT2D eigenvalue weighted by atomic mass is 9.92. The van der Waals surface area contributed by atoms with Gasteiger partial charge in [0.2, 0.25) is 0 Å². The lowest BCUT2D eigenvalue weighted by Gasteiger charge is -2.12. The summed E-state index contributed by atoms with van der Waals surface area (Å²) in [5.74, 6) is 0.593. The molecule has 2 aromatic rings. The van der Waals surface area contributed by atoms with Crippen molar-refractivity contribution >= 4 is 10.8 Å². The minimum Gasteiger partial charge on any atom is -0.0613 e. The molecule has 0 aromatic heterocycles. The molecule has 0 fully saturated rings. The van der Waals surface area contributed by atoms with Gasteiger partial charge in [0.15, 0.2) is 0 Å². The minimum atomic E-state index is 0.593. The summed E-state index contributed by atoms with van der Waals surface area (Å²) in [6.07, 6.45) is 0. The molecule has 0 heteroatoms. The van der Waals surface area contributed by atoms with E-state index in [1.54, 1.807) is 0 Å². The summed E-state index contributed by atoms with van der Waals surface area (Å²) in [6, 6.07) is 11.1. The van der Waals surface area contributed by atoms with Crippen molar-refractivity contribution in [2.24, 2.45) is 0 Å². The van der Waals surface area contributed by atoms with E-state index in [0.29, 0.717) is 5.92 Å². The van der Waals surface area contributed by atoms with Gasteiger partial charge in [-0.25, -0.2) is 0 Å². The molecule has 0 unspecified atom stereocenters. The first-order valence-corrected chi connectivity index (χ1v) is 5.60. The Kier molecular flexibility index (Phi) is 2.52. The van der Waals surface area contributed by atoms with E-state index in [-0.39, 0.29) is 0 Å². The van der Waals surface area contributed by atoms with Gasteiger partial charge in [0.05, 0.1) is 0 Å². The van der Waals surface area contributed by atoms with Gasteiger partial charge in [-0.15, -0.1) is 0 Å². The van der Waals surface area contributed by atoms with Crippen molar-refractivity contribution in [1.29, 1.82) is 0 Å². The Balaban J connectivity index is 2.83. The van der Waals surface area contributed by atoms with Gasteiger partial charge in [0.1, 0.15) is 0 Å². The zero-order valence-electron chi connectivity index (χ0n) is 9.96. The maximum Gasteiger partial charge on any atom is -0.0146 e. The van der Waals surface area contributed by atoms with Crippen molar-refractivity contribution in [3.8, 4) is 0 Å². The van der Waals surface area contributed by atoms with Crippen molar-refractivity contribution in [3.63, 3.8) is 0 Å². The van der Waals surface area contributed by atoms with Crippen LogP contribution in [0.2, 0.25) is 0 Å². The van der Waals surface area contributed by atoms with Crippen molar-refractivity contribution < 1.29 is 0 Å². The first-order chi connectivity index (χ1) is 7.11. The number of hydrogen-bond donors (Lipinski definition) is 0. The second kappa shape index (κ2) is 3.69.